The summed E-state index contributed by atoms with van der Waals surface area (Å²) in [7, 11) is 0. The molecule has 0 aliphatic heterocycles. The number of rotatable bonds is 2. The Balaban J connectivity index is 1.53. The Morgan fingerprint density at radius 2 is 2.05 bits per heavy atom. The van der Waals surface area contributed by atoms with E-state index in [1.54, 1.807) is 17.0 Å². The molecule has 0 radical (unpaired) electrons. The monoisotopic (exact) mass is 290 g/mol. The Morgan fingerprint density at radius 1 is 1.18 bits per heavy atom. The first kappa shape index (κ1) is 11.9. The molecule has 108 valence electrons. The van der Waals surface area contributed by atoms with Gasteiger partial charge in [-0.15, -0.1) is 5.10 Å². The van der Waals surface area contributed by atoms with Crippen LogP contribution in [0.3, 0.4) is 0 Å². The Morgan fingerprint density at radius 3 is 2.91 bits per heavy atom. The van der Waals surface area contributed by atoms with Gasteiger partial charge in [-0.05, 0) is 24.8 Å². The third kappa shape index (κ3) is 1.67. The lowest BCUT2D eigenvalue weighted by atomic mass is 10.1. The second-order valence-corrected chi connectivity index (χ2v) is 5.97. The van der Waals surface area contributed by atoms with E-state index >= 15 is 0 Å². The van der Waals surface area contributed by atoms with Gasteiger partial charge in [0.1, 0.15) is 6.33 Å². The molecule has 0 saturated heterocycles. The number of aryl methyl sites for hydroxylation is 1. The molecule has 0 bridgehead atoms. The lowest BCUT2D eigenvalue weighted by Gasteiger charge is -1.99. The van der Waals surface area contributed by atoms with Crippen LogP contribution in [0.1, 0.15) is 35.2 Å². The normalized spacial score (nSPS) is 20.8. The van der Waals surface area contributed by atoms with Gasteiger partial charge in [-0.3, -0.25) is 5.10 Å². The molecule has 6 nitrogen and oxygen atoms in total. The number of fused-ring (bicyclic) bond motifs is 3. The molecule has 3 aromatic heterocycles. The van der Waals surface area contributed by atoms with Gasteiger partial charge in [0.2, 0.25) is 0 Å². The molecule has 22 heavy (non-hydrogen) atoms. The van der Waals surface area contributed by atoms with Gasteiger partial charge in [0.05, 0.1) is 11.6 Å². The van der Waals surface area contributed by atoms with Crippen LogP contribution in [0.25, 0.3) is 16.7 Å². The summed E-state index contributed by atoms with van der Waals surface area (Å²) in [5, 5.41) is 12.4. The molecule has 2 unspecified atom stereocenters. The van der Waals surface area contributed by atoms with Crippen LogP contribution in [-0.2, 0) is 0 Å². The van der Waals surface area contributed by atoms with Crippen LogP contribution in [0.2, 0.25) is 0 Å². The average Bonchev–Trinajstić information content (AvgIpc) is 2.98. The Bertz CT molecular complexity index is 981. The van der Waals surface area contributed by atoms with Gasteiger partial charge in [0.15, 0.2) is 17.1 Å². The highest BCUT2D eigenvalue weighted by molar-refractivity contribution is 5.87. The Hall–Kier alpha value is -2.76. The molecule has 1 N–H and O–H groups in total. The van der Waals surface area contributed by atoms with Crippen molar-refractivity contribution in [3.63, 3.8) is 0 Å². The molecule has 1 fully saturated rings. The van der Waals surface area contributed by atoms with Crippen molar-refractivity contribution >= 4 is 16.7 Å². The third-order valence-electron chi connectivity index (χ3n) is 4.43. The van der Waals surface area contributed by atoms with E-state index in [2.05, 4.69) is 51.5 Å². The molecular weight excluding hydrogens is 276 g/mol. The lowest BCUT2D eigenvalue weighted by molar-refractivity contribution is 0.849. The second-order valence-electron chi connectivity index (χ2n) is 5.97. The van der Waals surface area contributed by atoms with Gasteiger partial charge >= 0.3 is 0 Å². The third-order valence-corrected chi connectivity index (χ3v) is 4.43. The van der Waals surface area contributed by atoms with Crippen LogP contribution in [0.15, 0.2) is 36.8 Å². The lowest BCUT2D eigenvalue weighted by Crippen LogP contribution is -1.91. The number of hydrogen-bond acceptors (Lipinski definition) is 4. The van der Waals surface area contributed by atoms with Crippen LogP contribution in [0.5, 0.6) is 0 Å². The largest absolute Gasteiger partial charge is 0.261 e. The molecule has 5 rings (SSSR count). The minimum absolute atomic E-state index is 0.407. The van der Waals surface area contributed by atoms with E-state index in [9.17, 15) is 0 Å². The van der Waals surface area contributed by atoms with E-state index in [1.165, 1.54) is 11.1 Å². The maximum atomic E-state index is 4.72. The molecule has 1 aromatic carbocycles. The molecular formula is C16H14N6. The summed E-state index contributed by atoms with van der Waals surface area (Å²) in [4.78, 5) is 9.01. The molecule has 3 heterocycles. The van der Waals surface area contributed by atoms with E-state index < -0.39 is 0 Å². The minimum atomic E-state index is 0.407. The molecule has 1 saturated carbocycles. The van der Waals surface area contributed by atoms with Gasteiger partial charge in [0, 0.05) is 5.92 Å². The quantitative estimate of drug-likeness (QED) is 0.616. The fraction of sp³-hybridized carbons (Fsp3) is 0.250. The van der Waals surface area contributed by atoms with Crippen molar-refractivity contribution in [3.05, 3.63) is 53.7 Å². The van der Waals surface area contributed by atoms with Crippen LogP contribution in [-0.4, -0.2) is 29.8 Å². The van der Waals surface area contributed by atoms with Gasteiger partial charge in [-0.2, -0.15) is 5.10 Å². The maximum absolute atomic E-state index is 4.72. The summed E-state index contributed by atoms with van der Waals surface area (Å²) in [5.41, 5.74) is 4.24. The van der Waals surface area contributed by atoms with Crippen LogP contribution in [0, 0.1) is 6.92 Å². The zero-order valence-corrected chi connectivity index (χ0v) is 12.1. The predicted molar refractivity (Wildman–Crippen MR) is 81.7 cm³/mol. The van der Waals surface area contributed by atoms with Gasteiger partial charge in [-0.25, -0.2) is 14.5 Å². The number of benzene rings is 1. The van der Waals surface area contributed by atoms with Crippen molar-refractivity contribution in [1.82, 2.24) is 29.8 Å². The first-order valence-electron chi connectivity index (χ1n) is 7.40. The number of aromatic nitrogens is 6. The van der Waals surface area contributed by atoms with Gasteiger partial charge in [-0.1, -0.05) is 29.8 Å². The summed E-state index contributed by atoms with van der Waals surface area (Å²) in [6.45, 7) is 2.11. The van der Waals surface area contributed by atoms with Gasteiger partial charge in [0.25, 0.3) is 0 Å². The van der Waals surface area contributed by atoms with Crippen LogP contribution >= 0.6 is 0 Å². The fourth-order valence-electron chi connectivity index (χ4n) is 3.08. The summed E-state index contributed by atoms with van der Waals surface area (Å²) >= 11 is 0. The Kier molecular flexibility index (Phi) is 2.22. The number of nitrogens with zero attached hydrogens (tertiary/aromatic N) is 5. The maximum Gasteiger partial charge on any atom is 0.170 e. The van der Waals surface area contributed by atoms with E-state index in [0.717, 1.165) is 28.9 Å². The molecule has 0 spiro atoms. The van der Waals surface area contributed by atoms with E-state index in [-0.39, 0.29) is 0 Å². The zero-order chi connectivity index (χ0) is 14.7. The fourth-order valence-corrected chi connectivity index (χ4v) is 3.08. The topological polar surface area (TPSA) is 71.8 Å². The molecule has 1 aliphatic carbocycles. The van der Waals surface area contributed by atoms with Crippen molar-refractivity contribution in [2.45, 2.75) is 25.2 Å². The van der Waals surface area contributed by atoms with Crippen molar-refractivity contribution < 1.29 is 0 Å². The molecule has 2 atom stereocenters. The van der Waals surface area contributed by atoms with E-state index in [0.29, 0.717) is 11.8 Å². The highest BCUT2D eigenvalue weighted by atomic mass is 15.3. The Labute approximate surface area is 126 Å². The summed E-state index contributed by atoms with van der Waals surface area (Å²) in [5.74, 6) is 1.84. The van der Waals surface area contributed by atoms with E-state index in [4.69, 9.17) is 4.98 Å². The first-order chi connectivity index (χ1) is 10.8. The van der Waals surface area contributed by atoms with Gasteiger partial charge < -0.3 is 0 Å². The number of aromatic amines is 1. The van der Waals surface area contributed by atoms with E-state index in [1.807, 2.05) is 0 Å². The summed E-state index contributed by atoms with van der Waals surface area (Å²) < 4.78 is 1.75. The van der Waals surface area contributed by atoms with Crippen molar-refractivity contribution in [2.75, 3.05) is 0 Å². The van der Waals surface area contributed by atoms with Crippen LogP contribution < -0.4 is 0 Å². The summed E-state index contributed by atoms with van der Waals surface area (Å²) in [6.07, 6.45) is 4.55. The SMILES string of the molecule is Cc1ccc(C2CC2c2nc3c4cn[nH]c4ncn3n2)cc1. The molecule has 1 aliphatic rings. The highest BCUT2D eigenvalue weighted by Crippen LogP contribution is 2.53. The molecule has 4 aromatic rings. The predicted octanol–water partition coefficient (Wildman–Crippen LogP) is 2.58. The minimum Gasteiger partial charge on any atom is -0.261 e. The average molecular weight is 290 g/mol. The van der Waals surface area contributed by atoms with Crippen LogP contribution in [0.4, 0.5) is 0 Å². The zero-order valence-electron chi connectivity index (χ0n) is 12.1. The smallest absolute Gasteiger partial charge is 0.170 e. The van der Waals surface area contributed by atoms with Crippen molar-refractivity contribution in [2.24, 2.45) is 0 Å². The number of hydrogen-bond donors (Lipinski definition) is 1. The molecule has 6 heteroatoms. The second kappa shape index (κ2) is 4.13. The van der Waals surface area contributed by atoms with Crippen molar-refractivity contribution in [1.29, 1.82) is 0 Å². The van der Waals surface area contributed by atoms with Crippen molar-refractivity contribution in [3.8, 4) is 0 Å². The standard InChI is InChI=1S/C16H14N6/c1-9-2-4-10(5-3-9)11-6-12(11)15-19-16-13-7-18-20-14(13)17-8-22(16)21-15/h2-5,7-8,11-12H,6H2,1H3,(H,18,20). The number of H-pyrrole nitrogens is 1. The first-order valence-corrected chi connectivity index (χ1v) is 7.40. The number of nitrogens with one attached hydrogen (secondary N) is 1. The highest BCUT2D eigenvalue weighted by Gasteiger charge is 2.42. The summed E-state index contributed by atoms with van der Waals surface area (Å²) in [6, 6.07) is 8.76. The molecule has 0 amide bonds.